The molecule has 0 atom stereocenters. The molecule has 2 aromatic heterocycles. The minimum atomic E-state index is -4.47. The van der Waals surface area contributed by atoms with Crippen LogP contribution in [0.15, 0.2) is 88.7 Å². The van der Waals surface area contributed by atoms with E-state index in [1.54, 1.807) is 96.3 Å². The molecule has 26 nitrogen and oxygen atoms in total. The second-order valence-electron chi connectivity index (χ2n) is 23.9. The third kappa shape index (κ3) is 16.2. The van der Waals surface area contributed by atoms with Crippen molar-refractivity contribution in [1.82, 2.24) is 37.2 Å². The number of piperazine rings is 2. The summed E-state index contributed by atoms with van der Waals surface area (Å²) < 4.78 is 88.7. The molecule has 2 aliphatic heterocycles. The van der Waals surface area contributed by atoms with Crippen molar-refractivity contribution >= 4 is 72.9 Å². The largest absolute Gasteiger partial charge is 0.490 e. The molecule has 4 fully saturated rings. The van der Waals surface area contributed by atoms with Crippen LogP contribution in [0, 0.1) is 20.9 Å². The highest BCUT2D eigenvalue weighted by atomic mass is 35.5. The highest BCUT2D eigenvalue weighted by molar-refractivity contribution is 7.87. The lowest BCUT2D eigenvalue weighted by Gasteiger charge is -2.38. The first-order valence-electron chi connectivity index (χ1n) is 27.6. The van der Waals surface area contributed by atoms with Crippen LogP contribution in [0.5, 0.6) is 17.2 Å². The van der Waals surface area contributed by atoms with E-state index in [-0.39, 0.29) is 91.7 Å². The molecule has 0 radical (unpaired) electrons. The van der Waals surface area contributed by atoms with Crippen LogP contribution in [0.4, 0.5) is 26.7 Å². The van der Waals surface area contributed by atoms with E-state index < -0.39 is 66.4 Å². The summed E-state index contributed by atoms with van der Waals surface area (Å²) in [5.41, 5.74) is -0.881. The number of nitro benzene ring substituents is 1. The number of benzene rings is 3. The van der Waals surface area contributed by atoms with Gasteiger partial charge in [-0.3, -0.25) is 19.7 Å². The highest BCUT2D eigenvalue weighted by Crippen LogP contribution is 2.46. The van der Waals surface area contributed by atoms with E-state index in [1.807, 2.05) is 14.5 Å². The van der Waals surface area contributed by atoms with Crippen LogP contribution in [0.1, 0.15) is 86.6 Å². The summed E-state index contributed by atoms with van der Waals surface area (Å²) in [5.74, 6) is 0.172. The molecule has 466 valence electrons. The van der Waals surface area contributed by atoms with Gasteiger partial charge in [0, 0.05) is 79.3 Å². The molecule has 2 aliphatic carbocycles. The maximum absolute atomic E-state index is 14.1. The molecule has 2 saturated heterocycles. The van der Waals surface area contributed by atoms with Crippen molar-refractivity contribution in [2.45, 2.75) is 98.8 Å². The summed E-state index contributed by atoms with van der Waals surface area (Å²) in [4.78, 5) is 67.0. The van der Waals surface area contributed by atoms with Gasteiger partial charge in [-0.15, -0.1) is 0 Å². The predicted molar refractivity (Wildman–Crippen MR) is 322 cm³/mol. The van der Waals surface area contributed by atoms with Gasteiger partial charge in [0.15, 0.2) is 5.75 Å². The Morgan fingerprint density at radius 3 is 1.55 bits per heavy atom. The lowest BCUT2D eigenvalue weighted by atomic mass is 10.2. The number of carbonyl (C=O) groups excluding carboxylic acids is 2. The number of halogens is 2. The first kappa shape index (κ1) is 64.8. The molecule has 4 aliphatic rings. The molecule has 0 bridgehead atoms. The summed E-state index contributed by atoms with van der Waals surface area (Å²) in [5, 5.41) is 21.0. The molecule has 0 unspecified atom stereocenters. The average Bonchev–Trinajstić information content (AvgIpc) is 1.42. The molecule has 30 heteroatoms. The van der Waals surface area contributed by atoms with Crippen molar-refractivity contribution in [3.05, 3.63) is 126 Å². The van der Waals surface area contributed by atoms with Gasteiger partial charge in [0.2, 0.25) is 11.5 Å². The van der Waals surface area contributed by atoms with Crippen LogP contribution >= 0.6 is 23.2 Å². The van der Waals surface area contributed by atoms with Gasteiger partial charge in [0.1, 0.15) is 22.6 Å². The number of nitrogens with zero attached hydrogens (tertiary/aromatic N) is 10. The Bertz CT molecular complexity index is 3700. The molecular formula is C56H71Cl2N11O15S2. The number of carbonyl (C=O) groups is 2. The van der Waals surface area contributed by atoms with Crippen molar-refractivity contribution in [2.24, 2.45) is 10.8 Å². The predicted octanol–water partition coefficient (Wildman–Crippen LogP) is 7.74. The molecule has 5 aromatic rings. The van der Waals surface area contributed by atoms with Crippen molar-refractivity contribution in [1.29, 1.82) is 0 Å². The van der Waals surface area contributed by atoms with E-state index in [9.17, 15) is 46.1 Å². The van der Waals surface area contributed by atoms with Crippen LogP contribution in [0.25, 0.3) is 11.4 Å². The maximum Gasteiger partial charge on any atom is 0.425 e. The Labute approximate surface area is 508 Å². The minimum absolute atomic E-state index is 0.0283. The van der Waals surface area contributed by atoms with Crippen molar-refractivity contribution in [3.8, 4) is 28.6 Å². The number of nitro groups is 1. The van der Waals surface area contributed by atoms with Crippen molar-refractivity contribution < 1.29 is 55.0 Å². The third-order valence-electron chi connectivity index (χ3n) is 14.4. The second-order valence-corrected chi connectivity index (χ2v) is 28.3. The summed E-state index contributed by atoms with van der Waals surface area (Å²) in [6.07, 6.45) is 4.94. The molecule has 1 N–H and O–H groups in total. The van der Waals surface area contributed by atoms with E-state index in [4.69, 9.17) is 46.9 Å². The van der Waals surface area contributed by atoms with E-state index in [0.29, 0.717) is 50.3 Å². The first-order chi connectivity index (χ1) is 40.3. The smallest absolute Gasteiger partial charge is 0.425 e. The third-order valence-corrected chi connectivity index (χ3v) is 18.1. The van der Waals surface area contributed by atoms with E-state index in [0.717, 1.165) is 30.0 Å². The van der Waals surface area contributed by atoms with Crippen LogP contribution in [0.3, 0.4) is 0 Å². The number of hydrogen-bond donors (Lipinski definition) is 1. The fourth-order valence-corrected chi connectivity index (χ4v) is 11.8. The van der Waals surface area contributed by atoms with Gasteiger partial charge < -0.3 is 33.5 Å². The number of ether oxygens (including phenoxy) is 5. The lowest BCUT2D eigenvalue weighted by molar-refractivity contribution is -0.385. The summed E-state index contributed by atoms with van der Waals surface area (Å²) in [6, 6.07) is 17.4. The zero-order chi connectivity index (χ0) is 62.7. The Balaban J connectivity index is 0.000000232. The van der Waals surface area contributed by atoms with Gasteiger partial charge >= 0.3 is 49.4 Å². The quantitative estimate of drug-likeness (QED) is 0.0648. The molecule has 86 heavy (non-hydrogen) atoms. The Kier molecular flexibility index (Phi) is 19.3. The molecule has 0 spiro atoms. The fourth-order valence-electron chi connectivity index (χ4n) is 9.00. The maximum atomic E-state index is 14.1. The van der Waals surface area contributed by atoms with Gasteiger partial charge in [0.25, 0.3) is 0 Å². The van der Waals surface area contributed by atoms with Gasteiger partial charge in [-0.25, -0.2) is 14.3 Å². The van der Waals surface area contributed by atoms with Crippen LogP contribution < -0.4 is 39.9 Å². The lowest BCUT2D eigenvalue weighted by Crippen LogP contribution is -2.54. The zero-order valence-corrected chi connectivity index (χ0v) is 52.4. The standard InChI is InChI=1S/C32H39ClN6O9S.C24H32ClN5O6S/c1-31(2,3)48-30(41)37(20-22-9-10-25(39(42)43)27(17-22)46-5)49(44,45)36-15-13-35(14-16-36)26-19-34-38(24-8-6-7-23(33)18-24)29(40)28(26)47-21-32(4)11-12-32;1-23(2,3)36-22(32)27-37(33,34)29-12-10-28(11-13-29)19-15-26-30(18-7-5-6-17(25)14-18)21(31)20(19)35-16-24(4)8-9-24/h6-10,17-19H,11-16,20-21H2,1-5H3;5-7,14-15H,8-13,16H2,1-4H3,(H,27,32). The van der Waals surface area contributed by atoms with E-state index in [2.05, 4.69) is 24.0 Å². The molecular weight excluding hydrogens is 1200 g/mol. The fraction of sp³-hybridized carbons (Fsp3) is 0.500. The number of amides is 2. The Morgan fingerprint density at radius 1 is 0.686 bits per heavy atom. The van der Waals surface area contributed by atoms with E-state index >= 15 is 0 Å². The van der Waals surface area contributed by atoms with Crippen LogP contribution in [0.2, 0.25) is 10.0 Å². The van der Waals surface area contributed by atoms with Crippen molar-refractivity contribution in [3.63, 3.8) is 0 Å². The number of hydrogen-bond acceptors (Lipinski definition) is 19. The summed E-state index contributed by atoms with van der Waals surface area (Å²) in [6.45, 7) is 15.2. The van der Waals surface area contributed by atoms with Gasteiger partial charge in [0.05, 0.1) is 55.6 Å². The second kappa shape index (κ2) is 25.6. The van der Waals surface area contributed by atoms with Gasteiger partial charge in [-0.05, 0) is 115 Å². The normalized spacial score (nSPS) is 16.9. The monoisotopic (exact) mass is 1270 g/mol. The zero-order valence-electron chi connectivity index (χ0n) is 49.3. The average molecular weight is 1270 g/mol. The van der Waals surface area contributed by atoms with Gasteiger partial charge in [-0.2, -0.15) is 49.3 Å². The van der Waals surface area contributed by atoms with E-state index in [1.165, 1.54) is 45.2 Å². The van der Waals surface area contributed by atoms with Crippen molar-refractivity contribution in [2.75, 3.05) is 82.5 Å². The molecule has 2 saturated carbocycles. The number of anilines is 2. The van der Waals surface area contributed by atoms with Gasteiger partial charge in [-0.1, -0.05) is 55.2 Å². The molecule has 3 aromatic carbocycles. The number of aromatic nitrogens is 4. The highest BCUT2D eigenvalue weighted by Gasteiger charge is 2.42. The first-order valence-corrected chi connectivity index (χ1v) is 31.2. The number of nitrogens with one attached hydrogen (secondary N) is 1. The minimum Gasteiger partial charge on any atom is -0.490 e. The molecule has 2 amide bonds. The topological polar surface area (TPSA) is 290 Å². The molecule has 9 rings (SSSR count). The number of rotatable bonds is 18. The SMILES string of the molecule is CC1(COc2c(N3CCN(S(=O)(=O)NC(=O)OC(C)(C)C)CC3)cnn(-c3cccc(Cl)c3)c2=O)CC1.COc1cc(CN(C(=O)OC(C)(C)C)S(=O)(=O)N2CCN(c3cnn(-c4cccc(Cl)c4)c(=O)c3OCC3(C)CC3)CC2)ccc1[N+](=O)[O-]. The Morgan fingerprint density at radius 2 is 1.14 bits per heavy atom. The summed E-state index contributed by atoms with van der Waals surface area (Å²) >= 11 is 12.3. The van der Waals surface area contributed by atoms with Crippen LogP contribution in [-0.4, -0.2) is 150 Å². The molecule has 4 heterocycles. The summed E-state index contributed by atoms with van der Waals surface area (Å²) in [7, 11) is -7.30. The Hall–Kier alpha value is -7.24. The van der Waals surface area contributed by atoms with Crippen LogP contribution in [-0.2, 0) is 36.4 Å². The number of methoxy groups -OCH3 is 1.